The van der Waals surface area contributed by atoms with Crippen LogP contribution < -0.4 is 5.32 Å². The van der Waals surface area contributed by atoms with E-state index in [0.717, 1.165) is 22.5 Å². The van der Waals surface area contributed by atoms with Gasteiger partial charge < -0.3 is 20.3 Å². The highest BCUT2D eigenvalue weighted by atomic mass is 16.3. The molecule has 1 saturated heterocycles. The average molecular weight is 347 g/mol. The Hall–Kier alpha value is -3.05. The van der Waals surface area contributed by atoms with Crippen molar-refractivity contribution < 1.29 is 9.90 Å². The summed E-state index contributed by atoms with van der Waals surface area (Å²) in [7, 11) is 0. The summed E-state index contributed by atoms with van der Waals surface area (Å²) in [6, 6.07) is 21.3. The van der Waals surface area contributed by atoms with Crippen LogP contribution in [0.4, 0.5) is 10.5 Å². The summed E-state index contributed by atoms with van der Waals surface area (Å²) >= 11 is 0. The summed E-state index contributed by atoms with van der Waals surface area (Å²) in [6.07, 6.45) is 1.34. The summed E-state index contributed by atoms with van der Waals surface area (Å²) in [4.78, 5) is 17.4. The Morgan fingerprint density at radius 3 is 2.46 bits per heavy atom. The van der Waals surface area contributed by atoms with Gasteiger partial charge in [0.25, 0.3) is 0 Å². The molecular formula is C21H21N3O2. The predicted molar refractivity (Wildman–Crippen MR) is 102 cm³/mol. The lowest BCUT2D eigenvalue weighted by Gasteiger charge is -2.17. The number of hydrogen-bond donors (Lipinski definition) is 3. The van der Waals surface area contributed by atoms with Crippen LogP contribution in [0.15, 0.2) is 72.9 Å². The maximum Gasteiger partial charge on any atom is 0.321 e. The Kier molecular flexibility index (Phi) is 4.46. The van der Waals surface area contributed by atoms with Gasteiger partial charge in [-0.15, -0.1) is 0 Å². The number of anilines is 1. The molecule has 0 bridgehead atoms. The maximum atomic E-state index is 12.5. The van der Waals surface area contributed by atoms with Crippen LogP contribution in [0.5, 0.6) is 0 Å². The Bertz CT molecular complexity index is 860. The number of rotatable bonds is 3. The Morgan fingerprint density at radius 1 is 1.00 bits per heavy atom. The van der Waals surface area contributed by atoms with E-state index in [1.165, 1.54) is 0 Å². The second kappa shape index (κ2) is 7.06. The lowest BCUT2D eigenvalue weighted by Crippen LogP contribution is -2.33. The van der Waals surface area contributed by atoms with Gasteiger partial charge in [0.15, 0.2) is 0 Å². The molecule has 2 atom stereocenters. The van der Waals surface area contributed by atoms with Crippen LogP contribution in [-0.2, 0) is 0 Å². The lowest BCUT2D eigenvalue weighted by molar-refractivity contribution is 0.165. The fourth-order valence-electron chi connectivity index (χ4n) is 3.43. The van der Waals surface area contributed by atoms with Crippen molar-refractivity contribution in [3.05, 3.63) is 78.5 Å². The Balaban J connectivity index is 1.41. The molecule has 2 aromatic carbocycles. The second-order valence-electron chi connectivity index (χ2n) is 6.58. The number of amides is 2. The molecule has 0 radical (unpaired) electrons. The average Bonchev–Trinajstić information content (AvgIpc) is 3.33. The van der Waals surface area contributed by atoms with E-state index in [1.54, 1.807) is 4.90 Å². The fourth-order valence-corrected chi connectivity index (χ4v) is 3.43. The monoisotopic (exact) mass is 347 g/mol. The van der Waals surface area contributed by atoms with Crippen LogP contribution in [-0.4, -0.2) is 40.2 Å². The molecule has 0 spiro atoms. The summed E-state index contributed by atoms with van der Waals surface area (Å²) in [6.45, 7) is 0.851. The largest absolute Gasteiger partial charge is 0.391 e. The smallest absolute Gasteiger partial charge is 0.321 e. The molecule has 0 aliphatic carbocycles. The molecule has 0 saturated carbocycles. The van der Waals surface area contributed by atoms with E-state index in [4.69, 9.17) is 0 Å². The number of β-amino-alcohol motifs (C(OH)–C–C–N with tert-alkyl or cyclic N) is 1. The van der Waals surface area contributed by atoms with E-state index in [0.29, 0.717) is 13.1 Å². The van der Waals surface area contributed by atoms with E-state index in [1.807, 2.05) is 72.9 Å². The molecule has 3 N–H and O–H groups in total. The van der Waals surface area contributed by atoms with Gasteiger partial charge in [-0.2, -0.15) is 0 Å². The van der Waals surface area contributed by atoms with Gasteiger partial charge in [-0.1, -0.05) is 42.5 Å². The number of H-pyrrole nitrogens is 1. The van der Waals surface area contributed by atoms with Crippen molar-refractivity contribution in [3.8, 4) is 11.3 Å². The number of hydrogen-bond acceptors (Lipinski definition) is 2. The molecule has 5 heteroatoms. The van der Waals surface area contributed by atoms with E-state index >= 15 is 0 Å². The van der Waals surface area contributed by atoms with Gasteiger partial charge in [0.05, 0.1) is 6.10 Å². The van der Waals surface area contributed by atoms with Crippen LogP contribution in [0.25, 0.3) is 11.3 Å². The number of urea groups is 1. The predicted octanol–water partition coefficient (Wildman–Crippen LogP) is 3.67. The summed E-state index contributed by atoms with van der Waals surface area (Å²) in [5.74, 6) is -0.0443. The number of nitrogens with one attached hydrogen (secondary N) is 2. The molecule has 26 heavy (non-hydrogen) atoms. The van der Waals surface area contributed by atoms with Crippen molar-refractivity contribution in [1.29, 1.82) is 0 Å². The van der Waals surface area contributed by atoms with Gasteiger partial charge in [0, 0.05) is 36.6 Å². The van der Waals surface area contributed by atoms with Crippen LogP contribution in [0.1, 0.15) is 11.5 Å². The van der Waals surface area contributed by atoms with Crippen molar-refractivity contribution in [1.82, 2.24) is 9.88 Å². The number of benzene rings is 2. The van der Waals surface area contributed by atoms with Crippen molar-refractivity contribution in [3.63, 3.8) is 0 Å². The first-order chi connectivity index (χ1) is 12.7. The van der Waals surface area contributed by atoms with Gasteiger partial charge in [-0.3, -0.25) is 0 Å². The number of nitrogens with zero attached hydrogens (tertiary/aromatic N) is 1. The first kappa shape index (κ1) is 16.4. The zero-order valence-electron chi connectivity index (χ0n) is 14.3. The Labute approximate surface area is 152 Å². The van der Waals surface area contributed by atoms with E-state index < -0.39 is 6.10 Å². The zero-order valence-corrected chi connectivity index (χ0v) is 14.3. The topological polar surface area (TPSA) is 68.4 Å². The number of aliphatic hydroxyl groups is 1. The molecule has 3 aromatic rings. The second-order valence-corrected chi connectivity index (χ2v) is 6.58. The molecule has 1 fully saturated rings. The van der Waals surface area contributed by atoms with Gasteiger partial charge in [-0.05, 0) is 35.4 Å². The molecule has 1 aliphatic heterocycles. The zero-order chi connectivity index (χ0) is 17.9. The van der Waals surface area contributed by atoms with Gasteiger partial charge >= 0.3 is 6.03 Å². The minimum Gasteiger partial charge on any atom is -0.391 e. The first-order valence-corrected chi connectivity index (χ1v) is 8.73. The summed E-state index contributed by atoms with van der Waals surface area (Å²) < 4.78 is 0. The highest BCUT2D eigenvalue weighted by molar-refractivity contribution is 5.90. The maximum absolute atomic E-state index is 12.5. The molecule has 1 aliphatic rings. The molecule has 1 aromatic heterocycles. The van der Waals surface area contributed by atoms with Crippen molar-refractivity contribution in [2.24, 2.45) is 0 Å². The number of aromatic nitrogens is 1. The Morgan fingerprint density at radius 2 is 1.77 bits per heavy atom. The first-order valence-electron chi connectivity index (χ1n) is 8.73. The standard InChI is InChI=1S/C21H21N3O2/c25-20-14-24(13-18(20)15-5-2-1-3-6-15)21(26)23-17-10-8-16(9-11-17)19-7-4-12-22-19/h1-12,18,20,22,25H,13-14H2,(H,23,26)/t18-,20+/m0/s1. The minimum atomic E-state index is -0.543. The molecule has 2 heterocycles. The van der Waals surface area contributed by atoms with Gasteiger partial charge in [0.1, 0.15) is 0 Å². The molecule has 0 unspecified atom stereocenters. The minimum absolute atomic E-state index is 0.0443. The van der Waals surface area contributed by atoms with E-state index in [2.05, 4.69) is 10.3 Å². The molecular weight excluding hydrogens is 326 g/mol. The third-order valence-electron chi connectivity index (χ3n) is 4.85. The SMILES string of the molecule is O=C(Nc1ccc(-c2ccc[nH]2)cc1)N1C[C@@H](O)[C@H](c2ccccc2)C1. The van der Waals surface area contributed by atoms with E-state index in [9.17, 15) is 9.90 Å². The molecule has 2 amide bonds. The third kappa shape index (κ3) is 3.34. The number of aliphatic hydroxyl groups excluding tert-OH is 1. The van der Waals surface area contributed by atoms with Crippen molar-refractivity contribution in [2.75, 3.05) is 18.4 Å². The number of likely N-dealkylation sites (tertiary alicyclic amines) is 1. The molecule has 5 nitrogen and oxygen atoms in total. The van der Waals surface area contributed by atoms with Crippen molar-refractivity contribution in [2.45, 2.75) is 12.0 Å². The highest BCUT2D eigenvalue weighted by Crippen LogP contribution is 2.28. The van der Waals surface area contributed by atoms with E-state index in [-0.39, 0.29) is 11.9 Å². The van der Waals surface area contributed by atoms with Crippen LogP contribution in [0.3, 0.4) is 0 Å². The lowest BCUT2D eigenvalue weighted by atomic mass is 9.96. The fraction of sp³-hybridized carbons (Fsp3) is 0.190. The number of carbonyl (C=O) groups excluding carboxylic acids is 1. The summed E-state index contributed by atoms with van der Waals surface area (Å²) in [5, 5.41) is 13.3. The van der Waals surface area contributed by atoms with Gasteiger partial charge in [-0.25, -0.2) is 4.79 Å². The molecule has 4 rings (SSSR count). The number of carbonyl (C=O) groups is 1. The number of aromatic amines is 1. The third-order valence-corrected chi connectivity index (χ3v) is 4.85. The van der Waals surface area contributed by atoms with Crippen molar-refractivity contribution >= 4 is 11.7 Å². The van der Waals surface area contributed by atoms with Crippen LogP contribution >= 0.6 is 0 Å². The highest BCUT2D eigenvalue weighted by Gasteiger charge is 2.34. The van der Waals surface area contributed by atoms with Crippen LogP contribution in [0.2, 0.25) is 0 Å². The quantitative estimate of drug-likeness (QED) is 0.677. The normalized spacial score (nSPS) is 19.5. The van der Waals surface area contributed by atoms with Crippen LogP contribution in [0, 0.1) is 0 Å². The van der Waals surface area contributed by atoms with Gasteiger partial charge in [0.2, 0.25) is 0 Å². The molecule has 132 valence electrons. The summed E-state index contributed by atoms with van der Waals surface area (Å²) in [5.41, 5.74) is 3.90.